The first-order valence-corrected chi connectivity index (χ1v) is 17.6. The maximum atomic E-state index is 14.7. The predicted molar refractivity (Wildman–Crippen MR) is 185 cm³/mol. The Morgan fingerprint density at radius 3 is 2.19 bits per heavy atom. The molecule has 1 aliphatic rings. The Labute approximate surface area is 286 Å². The molecule has 1 saturated carbocycles. The van der Waals surface area contributed by atoms with Gasteiger partial charge in [0.15, 0.2) is 0 Å². The maximum Gasteiger partial charge on any atom is 0.264 e. The third kappa shape index (κ3) is 8.66. The molecule has 1 atom stereocenters. The number of benzene rings is 4. The van der Waals surface area contributed by atoms with E-state index in [-0.39, 0.29) is 40.5 Å². The summed E-state index contributed by atoms with van der Waals surface area (Å²) in [5.41, 5.74) is 1.66. The number of sulfonamides is 1. The summed E-state index contributed by atoms with van der Waals surface area (Å²) in [5, 5.41) is 3.55. The van der Waals surface area contributed by atoms with Crippen molar-refractivity contribution >= 4 is 50.7 Å². The second-order valence-corrected chi connectivity index (χ2v) is 14.2. The van der Waals surface area contributed by atoms with Crippen LogP contribution in [0.15, 0.2) is 108 Å². The third-order valence-corrected chi connectivity index (χ3v) is 10.6. The van der Waals surface area contributed by atoms with E-state index >= 15 is 0 Å². The lowest BCUT2D eigenvalue weighted by molar-refractivity contribution is -0.140. The minimum absolute atomic E-state index is 0.0115. The van der Waals surface area contributed by atoms with Crippen molar-refractivity contribution in [3.63, 3.8) is 0 Å². The molecule has 0 aliphatic heterocycles. The number of hydrogen-bond donors (Lipinski definition) is 1. The molecule has 47 heavy (non-hydrogen) atoms. The van der Waals surface area contributed by atoms with Gasteiger partial charge in [-0.25, -0.2) is 8.42 Å². The number of nitrogens with one attached hydrogen (secondary N) is 1. The zero-order chi connectivity index (χ0) is 33.4. The molecule has 4 aromatic rings. The Kier molecular flexibility index (Phi) is 11.4. The number of methoxy groups -OCH3 is 1. The van der Waals surface area contributed by atoms with Gasteiger partial charge in [0.05, 0.1) is 22.7 Å². The van der Waals surface area contributed by atoms with Crippen LogP contribution in [0.2, 0.25) is 10.0 Å². The molecule has 0 saturated heterocycles. The van der Waals surface area contributed by atoms with Gasteiger partial charge in [0.2, 0.25) is 11.8 Å². The first kappa shape index (κ1) is 34.3. The maximum absolute atomic E-state index is 14.7. The Bertz CT molecular complexity index is 1790. The molecular formula is C36H37Cl2N3O5S. The summed E-state index contributed by atoms with van der Waals surface area (Å²) < 4.78 is 34.7. The zero-order valence-corrected chi connectivity index (χ0v) is 28.3. The summed E-state index contributed by atoms with van der Waals surface area (Å²) in [6.07, 6.45) is 4.00. The highest BCUT2D eigenvalue weighted by Crippen LogP contribution is 2.33. The van der Waals surface area contributed by atoms with Gasteiger partial charge in [0.1, 0.15) is 18.3 Å². The van der Waals surface area contributed by atoms with Crippen LogP contribution in [0, 0.1) is 0 Å². The third-order valence-electron chi connectivity index (χ3n) is 8.25. The number of anilines is 1. The summed E-state index contributed by atoms with van der Waals surface area (Å²) in [4.78, 5) is 30.2. The normalized spacial score (nSPS) is 13.9. The molecule has 0 radical (unpaired) electrons. The number of amides is 2. The van der Waals surface area contributed by atoms with Crippen LogP contribution in [0.5, 0.6) is 5.75 Å². The van der Waals surface area contributed by atoms with Crippen molar-refractivity contribution in [2.75, 3.05) is 18.0 Å². The molecule has 2 amide bonds. The fourth-order valence-electron chi connectivity index (χ4n) is 5.81. The van der Waals surface area contributed by atoms with E-state index in [0.717, 1.165) is 35.6 Å². The predicted octanol–water partition coefficient (Wildman–Crippen LogP) is 6.90. The van der Waals surface area contributed by atoms with Gasteiger partial charge in [-0.2, -0.15) is 0 Å². The highest BCUT2D eigenvalue weighted by molar-refractivity contribution is 7.92. The van der Waals surface area contributed by atoms with E-state index in [4.69, 9.17) is 27.9 Å². The molecule has 1 N–H and O–H groups in total. The van der Waals surface area contributed by atoms with E-state index < -0.39 is 28.5 Å². The Balaban J connectivity index is 1.59. The largest absolute Gasteiger partial charge is 0.497 e. The fraction of sp³-hybridized carbons (Fsp3) is 0.278. The first-order valence-electron chi connectivity index (χ1n) is 15.5. The van der Waals surface area contributed by atoms with Gasteiger partial charge in [-0.1, -0.05) is 96.7 Å². The van der Waals surface area contributed by atoms with Crippen molar-refractivity contribution in [2.24, 2.45) is 0 Å². The molecule has 1 aliphatic carbocycles. The Morgan fingerprint density at radius 1 is 0.872 bits per heavy atom. The Morgan fingerprint density at radius 2 is 1.53 bits per heavy atom. The number of carbonyl (C=O) groups is 2. The first-order chi connectivity index (χ1) is 22.7. The quantitative estimate of drug-likeness (QED) is 0.164. The van der Waals surface area contributed by atoms with Crippen LogP contribution in [0.25, 0.3) is 0 Å². The van der Waals surface area contributed by atoms with Crippen molar-refractivity contribution in [1.29, 1.82) is 0 Å². The van der Waals surface area contributed by atoms with E-state index in [1.807, 2.05) is 36.4 Å². The van der Waals surface area contributed by atoms with E-state index in [9.17, 15) is 18.0 Å². The lowest BCUT2D eigenvalue weighted by atomic mass is 10.0. The number of ether oxygens (including phenoxy) is 1. The van der Waals surface area contributed by atoms with E-state index in [1.165, 1.54) is 35.2 Å². The summed E-state index contributed by atoms with van der Waals surface area (Å²) in [6, 6.07) is 28.0. The average Bonchev–Trinajstić information content (AvgIpc) is 3.59. The van der Waals surface area contributed by atoms with Crippen molar-refractivity contribution in [2.45, 2.75) is 55.6 Å². The molecule has 0 heterocycles. The minimum atomic E-state index is -4.29. The number of carbonyl (C=O) groups excluding carboxylic acids is 2. The molecule has 246 valence electrons. The van der Waals surface area contributed by atoms with Gasteiger partial charge in [0.25, 0.3) is 10.0 Å². The van der Waals surface area contributed by atoms with Gasteiger partial charge < -0.3 is 15.0 Å². The van der Waals surface area contributed by atoms with Crippen molar-refractivity contribution in [3.05, 3.63) is 124 Å². The zero-order valence-electron chi connectivity index (χ0n) is 26.0. The second-order valence-electron chi connectivity index (χ2n) is 11.5. The molecule has 5 rings (SSSR count). The van der Waals surface area contributed by atoms with Crippen LogP contribution in [0.4, 0.5) is 5.69 Å². The molecule has 8 nitrogen and oxygen atoms in total. The molecule has 4 aromatic carbocycles. The van der Waals surface area contributed by atoms with Crippen LogP contribution < -0.4 is 14.4 Å². The minimum Gasteiger partial charge on any atom is -0.497 e. The van der Waals surface area contributed by atoms with Crippen molar-refractivity contribution in [1.82, 2.24) is 10.2 Å². The number of halogens is 2. The molecule has 0 bridgehead atoms. The smallest absolute Gasteiger partial charge is 0.264 e. The average molecular weight is 695 g/mol. The van der Waals surface area contributed by atoms with E-state index in [2.05, 4.69) is 5.32 Å². The molecule has 0 aromatic heterocycles. The Hall–Kier alpha value is -4.05. The summed E-state index contributed by atoms with van der Waals surface area (Å²) in [6.45, 7) is -0.594. The van der Waals surface area contributed by atoms with Gasteiger partial charge in [0, 0.05) is 24.0 Å². The van der Waals surface area contributed by atoms with Gasteiger partial charge in [-0.3, -0.25) is 13.9 Å². The van der Waals surface area contributed by atoms with Gasteiger partial charge in [-0.05, 0) is 66.4 Å². The molecule has 0 spiro atoms. The lowest BCUT2D eigenvalue weighted by Gasteiger charge is -2.34. The standard InChI is InChI=1S/C36H37Cl2N3O5S/c1-46-30-16-10-13-27(21-30)24-40(34(22-26-11-4-2-5-12-26)36(43)39-29-14-8-9-15-29)35(42)25-41(33-20-19-28(37)23-32(33)38)47(44,45)31-17-6-3-7-18-31/h2-7,10-13,16-21,23,29,34H,8-9,14-15,22,24-25H2,1H3,(H,39,43)/t34-/m0/s1. The van der Waals surface area contributed by atoms with Crippen LogP contribution in [0.3, 0.4) is 0 Å². The topological polar surface area (TPSA) is 96.0 Å². The monoisotopic (exact) mass is 693 g/mol. The summed E-state index contributed by atoms with van der Waals surface area (Å²) >= 11 is 12.7. The molecular weight excluding hydrogens is 657 g/mol. The number of nitrogens with zero attached hydrogens (tertiary/aromatic N) is 2. The fourth-order valence-corrected chi connectivity index (χ4v) is 7.82. The van der Waals surface area contributed by atoms with Crippen LogP contribution in [-0.4, -0.2) is 50.9 Å². The second kappa shape index (κ2) is 15.7. The summed E-state index contributed by atoms with van der Waals surface area (Å²) in [5.74, 6) is -0.286. The lowest BCUT2D eigenvalue weighted by Crippen LogP contribution is -2.54. The van der Waals surface area contributed by atoms with Crippen LogP contribution >= 0.6 is 23.2 Å². The van der Waals surface area contributed by atoms with Crippen molar-refractivity contribution < 1.29 is 22.7 Å². The molecule has 1 fully saturated rings. The van der Waals surface area contributed by atoms with Gasteiger partial charge >= 0.3 is 0 Å². The number of hydrogen-bond acceptors (Lipinski definition) is 5. The summed E-state index contributed by atoms with van der Waals surface area (Å²) in [7, 11) is -2.73. The van der Waals surface area contributed by atoms with Gasteiger partial charge in [-0.15, -0.1) is 0 Å². The molecule has 11 heteroatoms. The highest BCUT2D eigenvalue weighted by atomic mass is 35.5. The van der Waals surface area contributed by atoms with Crippen molar-refractivity contribution in [3.8, 4) is 5.75 Å². The van der Waals surface area contributed by atoms with Crippen LogP contribution in [-0.2, 0) is 32.6 Å². The van der Waals surface area contributed by atoms with Crippen LogP contribution in [0.1, 0.15) is 36.8 Å². The van der Waals surface area contributed by atoms with E-state index in [0.29, 0.717) is 16.3 Å². The molecule has 0 unspecified atom stereocenters. The number of rotatable bonds is 13. The highest BCUT2D eigenvalue weighted by Gasteiger charge is 2.36. The van der Waals surface area contributed by atoms with E-state index in [1.54, 1.807) is 43.5 Å². The SMILES string of the molecule is COc1cccc(CN(C(=O)CN(c2ccc(Cl)cc2Cl)S(=O)(=O)c2ccccc2)[C@@H](Cc2ccccc2)C(=O)NC2CCCC2)c1.